The Bertz CT molecular complexity index is 428. The fourth-order valence-corrected chi connectivity index (χ4v) is 2.91. The van der Waals surface area contributed by atoms with Crippen LogP contribution < -0.4 is 5.32 Å². The molecule has 0 heterocycles. The molecule has 0 aliphatic heterocycles. The van der Waals surface area contributed by atoms with Crippen molar-refractivity contribution < 1.29 is 13.2 Å². The molecule has 0 spiro atoms. The number of fused-ring (bicyclic) bond motifs is 1. The van der Waals surface area contributed by atoms with E-state index in [-0.39, 0.29) is 6.42 Å². The van der Waals surface area contributed by atoms with Gasteiger partial charge in [-0.25, -0.2) is 0 Å². The van der Waals surface area contributed by atoms with Crippen LogP contribution >= 0.6 is 0 Å². The minimum atomic E-state index is -4.26. The third kappa shape index (κ3) is 2.64. The summed E-state index contributed by atoms with van der Waals surface area (Å²) in [5.74, 6) is 0. The van der Waals surface area contributed by atoms with Gasteiger partial charge in [-0.2, -0.15) is 13.2 Å². The Hall–Kier alpha value is -1.03. The molecule has 0 saturated carbocycles. The van der Waals surface area contributed by atoms with Crippen LogP contribution in [-0.4, -0.2) is 12.7 Å². The Kier molecular flexibility index (Phi) is 4.19. The lowest BCUT2D eigenvalue weighted by atomic mass is 9.83. The summed E-state index contributed by atoms with van der Waals surface area (Å²) < 4.78 is 41.1. The summed E-state index contributed by atoms with van der Waals surface area (Å²) in [6.45, 7) is 2.27. The largest absolute Gasteiger partial charge is 0.410 e. The fourth-order valence-electron chi connectivity index (χ4n) is 2.91. The van der Waals surface area contributed by atoms with Gasteiger partial charge in [-0.15, -0.1) is 0 Å². The molecule has 1 aromatic carbocycles. The lowest BCUT2D eigenvalue weighted by molar-refractivity contribution is -0.203. The molecule has 0 radical (unpaired) electrons. The molecule has 4 heteroatoms. The second kappa shape index (κ2) is 5.53. The van der Waals surface area contributed by atoms with E-state index in [0.717, 1.165) is 18.4 Å². The summed E-state index contributed by atoms with van der Waals surface area (Å²) in [7, 11) is 0. The average Bonchev–Trinajstić information content (AvgIpc) is 2.56. The zero-order chi connectivity index (χ0) is 13.9. The maximum absolute atomic E-state index is 13.7. The van der Waals surface area contributed by atoms with Gasteiger partial charge in [-0.3, -0.25) is 5.32 Å². The number of hydrogen-bond donors (Lipinski definition) is 1. The molecule has 1 N–H and O–H groups in total. The predicted molar refractivity (Wildman–Crippen MR) is 70.0 cm³/mol. The molecule has 1 nitrogen and oxygen atoms in total. The van der Waals surface area contributed by atoms with Gasteiger partial charge >= 0.3 is 6.18 Å². The Labute approximate surface area is 112 Å². The average molecular weight is 271 g/mol. The summed E-state index contributed by atoms with van der Waals surface area (Å²) in [5, 5.41) is 2.80. The third-order valence-corrected chi connectivity index (χ3v) is 3.89. The summed E-state index contributed by atoms with van der Waals surface area (Å²) in [6, 6.07) is 6.99. The van der Waals surface area contributed by atoms with Crippen LogP contribution in [0.5, 0.6) is 0 Å². The smallest absolute Gasteiger partial charge is 0.300 e. The highest BCUT2D eigenvalue weighted by atomic mass is 19.4. The maximum atomic E-state index is 13.7. The first-order chi connectivity index (χ1) is 9.01. The van der Waals surface area contributed by atoms with Crippen LogP contribution in [-0.2, 0) is 12.0 Å². The Morgan fingerprint density at radius 2 is 1.95 bits per heavy atom. The monoisotopic (exact) mass is 271 g/mol. The van der Waals surface area contributed by atoms with Crippen LogP contribution in [0.4, 0.5) is 13.2 Å². The zero-order valence-electron chi connectivity index (χ0n) is 11.2. The van der Waals surface area contributed by atoms with Crippen molar-refractivity contribution in [2.45, 2.75) is 50.7 Å². The topological polar surface area (TPSA) is 12.0 Å². The minimum Gasteiger partial charge on any atom is -0.300 e. The highest BCUT2D eigenvalue weighted by Crippen LogP contribution is 2.45. The third-order valence-electron chi connectivity index (χ3n) is 3.89. The molecule has 0 fully saturated rings. The summed E-state index contributed by atoms with van der Waals surface area (Å²) >= 11 is 0. The van der Waals surface area contributed by atoms with Crippen molar-refractivity contribution in [1.29, 1.82) is 0 Å². The second-order valence-corrected chi connectivity index (χ2v) is 5.19. The number of alkyl halides is 3. The van der Waals surface area contributed by atoms with Gasteiger partial charge in [-0.1, -0.05) is 37.6 Å². The Morgan fingerprint density at radius 1 is 1.21 bits per heavy atom. The minimum absolute atomic E-state index is 0.132. The maximum Gasteiger partial charge on any atom is 0.410 e. The van der Waals surface area contributed by atoms with Crippen LogP contribution in [0.3, 0.4) is 0 Å². The standard InChI is InChI=1S/C15H20F3N/c1-2-11-19-14(15(16,17)18)10-6-5-8-12-7-3-4-9-13(12)14/h3-4,7,9,19H,2,5-6,8,10-11H2,1H3. The van der Waals surface area contributed by atoms with Crippen LogP contribution in [0.1, 0.15) is 43.7 Å². The van der Waals surface area contributed by atoms with Crippen molar-refractivity contribution in [2.24, 2.45) is 0 Å². The molecular weight excluding hydrogens is 251 g/mol. The highest BCUT2D eigenvalue weighted by Gasteiger charge is 2.56. The van der Waals surface area contributed by atoms with E-state index in [1.54, 1.807) is 12.1 Å². The van der Waals surface area contributed by atoms with Crippen LogP contribution in [0.2, 0.25) is 0 Å². The van der Waals surface area contributed by atoms with Gasteiger partial charge in [0.15, 0.2) is 0 Å². The fraction of sp³-hybridized carbons (Fsp3) is 0.600. The van der Waals surface area contributed by atoms with Crippen molar-refractivity contribution in [2.75, 3.05) is 6.54 Å². The molecule has 106 valence electrons. The lowest BCUT2D eigenvalue weighted by Gasteiger charge is -2.37. The SMILES string of the molecule is CCCNC1(C(F)(F)F)CCCCc2ccccc21. The van der Waals surface area contributed by atoms with E-state index in [4.69, 9.17) is 0 Å². The van der Waals surface area contributed by atoms with E-state index >= 15 is 0 Å². The van der Waals surface area contributed by atoms with Crippen LogP contribution in [0, 0.1) is 0 Å². The van der Waals surface area contributed by atoms with Gasteiger partial charge < -0.3 is 0 Å². The molecule has 1 aliphatic rings. The summed E-state index contributed by atoms with van der Waals surface area (Å²) in [6.07, 6.45) is -1.27. The second-order valence-electron chi connectivity index (χ2n) is 5.19. The number of rotatable bonds is 3. The van der Waals surface area contributed by atoms with E-state index in [9.17, 15) is 13.2 Å². The van der Waals surface area contributed by atoms with Crippen molar-refractivity contribution >= 4 is 0 Å². The number of aryl methyl sites for hydroxylation is 1. The molecule has 0 saturated heterocycles. The molecule has 2 rings (SSSR count). The predicted octanol–water partition coefficient (Wildman–Crippen LogP) is 4.17. The number of hydrogen-bond acceptors (Lipinski definition) is 1. The molecule has 0 bridgehead atoms. The van der Waals surface area contributed by atoms with Gasteiger partial charge in [0.25, 0.3) is 0 Å². The summed E-state index contributed by atoms with van der Waals surface area (Å²) in [4.78, 5) is 0. The quantitative estimate of drug-likeness (QED) is 0.814. The van der Waals surface area contributed by atoms with E-state index in [0.29, 0.717) is 24.9 Å². The number of nitrogens with one attached hydrogen (secondary N) is 1. The van der Waals surface area contributed by atoms with E-state index in [2.05, 4.69) is 5.32 Å². The molecule has 1 aliphatic carbocycles. The molecule has 1 unspecified atom stereocenters. The normalized spacial score (nSPS) is 23.8. The van der Waals surface area contributed by atoms with Gasteiger partial charge in [0, 0.05) is 0 Å². The first-order valence-electron chi connectivity index (χ1n) is 6.91. The van der Waals surface area contributed by atoms with Crippen molar-refractivity contribution in [1.82, 2.24) is 5.32 Å². The van der Waals surface area contributed by atoms with E-state index < -0.39 is 11.7 Å². The summed E-state index contributed by atoms with van der Waals surface area (Å²) in [5.41, 5.74) is -0.606. The molecule has 0 aromatic heterocycles. The lowest BCUT2D eigenvalue weighted by Crippen LogP contribution is -2.54. The van der Waals surface area contributed by atoms with Crippen LogP contribution in [0.15, 0.2) is 24.3 Å². The van der Waals surface area contributed by atoms with Crippen molar-refractivity contribution in [3.05, 3.63) is 35.4 Å². The van der Waals surface area contributed by atoms with Crippen molar-refractivity contribution in [3.63, 3.8) is 0 Å². The molecule has 19 heavy (non-hydrogen) atoms. The molecule has 0 amide bonds. The van der Waals surface area contributed by atoms with Gasteiger partial charge in [0.1, 0.15) is 5.54 Å². The van der Waals surface area contributed by atoms with Gasteiger partial charge in [-0.05, 0) is 43.4 Å². The van der Waals surface area contributed by atoms with Crippen LogP contribution in [0.25, 0.3) is 0 Å². The molecule has 1 atom stereocenters. The zero-order valence-corrected chi connectivity index (χ0v) is 11.2. The van der Waals surface area contributed by atoms with E-state index in [1.807, 2.05) is 19.1 Å². The Morgan fingerprint density at radius 3 is 2.63 bits per heavy atom. The first kappa shape index (κ1) is 14.4. The van der Waals surface area contributed by atoms with Crippen molar-refractivity contribution in [3.8, 4) is 0 Å². The molecular formula is C15H20F3N. The number of halogens is 3. The number of benzene rings is 1. The first-order valence-corrected chi connectivity index (χ1v) is 6.91. The highest BCUT2D eigenvalue weighted by molar-refractivity contribution is 5.36. The Balaban J connectivity index is 2.52. The molecule has 1 aromatic rings. The van der Waals surface area contributed by atoms with Gasteiger partial charge in [0.2, 0.25) is 0 Å². The van der Waals surface area contributed by atoms with Gasteiger partial charge in [0.05, 0.1) is 0 Å². The van der Waals surface area contributed by atoms with E-state index in [1.165, 1.54) is 0 Å².